The summed E-state index contributed by atoms with van der Waals surface area (Å²) in [5.74, 6) is -0.304. The minimum atomic E-state index is -0.927. The average molecular weight is 580 g/mol. The van der Waals surface area contributed by atoms with Crippen LogP contribution in [0.1, 0.15) is 65.7 Å². The predicted molar refractivity (Wildman–Crippen MR) is 165 cm³/mol. The number of aromatic nitrogens is 1. The smallest absolute Gasteiger partial charge is 0.254 e. The molecule has 4 aromatic rings. The molecule has 1 amide bonds. The molecule has 1 spiro atoms. The Morgan fingerprint density at radius 1 is 1.05 bits per heavy atom. The number of benzene rings is 3. The monoisotopic (exact) mass is 579 g/mol. The molecule has 1 fully saturated rings. The zero-order valence-corrected chi connectivity index (χ0v) is 24.4. The summed E-state index contributed by atoms with van der Waals surface area (Å²) < 4.78 is 22.1. The zero-order chi connectivity index (χ0) is 29.8. The minimum absolute atomic E-state index is 0.0192. The van der Waals surface area contributed by atoms with Crippen molar-refractivity contribution < 1.29 is 19.0 Å². The van der Waals surface area contributed by atoms with Crippen LogP contribution in [-0.4, -0.2) is 40.3 Å². The van der Waals surface area contributed by atoms with Crippen molar-refractivity contribution in [1.29, 1.82) is 0 Å². The Morgan fingerprint density at radius 2 is 1.86 bits per heavy atom. The van der Waals surface area contributed by atoms with Gasteiger partial charge in [-0.25, -0.2) is 4.39 Å². The lowest BCUT2D eigenvalue weighted by Crippen LogP contribution is -2.52. The fourth-order valence-corrected chi connectivity index (χ4v) is 6.23. The first-order valence-corrected chi connectivity index (χ1v) is 15.2. The van der Waals surface area contributed by atoms with Gasteiger partial charge in [-0.15, -0.1) is 0 Å². The number of nitrogens with zero attached hydrogens (tertiary/aromatic N) is 1. The molecule has 6 rings (SSSR count). The molecular formula is C36H38FN3O3. The Labute approximate surface area is 252 Å². The van der Waals surface area contributed by atoms with E-state index in [1.165, 1.54) is 11.6 Å². The van der Waals surface area contributed by atoms with Crippen molar-refractivity contribution in [2.75, 3.05) is 6.54 Å². The largest absolute Gasteiger partial charge is 0.487 e. The van der Waals surface area contributed by atoms with Crippen molar-refractivity contribution in [3.63, 3.8) is 0 Å². The van der Waals surface area contributed by atoms with Crippen LogP contribution in [0.25, 0.3) is 11.3 Å². The second-order valence-corrected chi connectivity index (χ2v) is 11.7. The summed E-state index contributed by atoms with van der Waals surface area (Å²) in [5.41, 5.74) is 3.78. The molecule has 1 aromatic heterocycles. The summed E-state index contributed by atoms with van der Waals surface area (Å²) in [6.45, 7) is 2.39. The van der Waals surface area contributed by atoms with E-state index in [1.54, 1.807) is 36.5 Å². The minimum Gasteiger partial charge on any atom is -0.487 e. The van der Waals surface area contributed by atoms with E-state index < -0.39 is 23.9 Å². The SMILES string of the molecule is CCc1ccc2c(c1)[C@@H](NC[C@H](O)[C@H](Cc1ccccc1)NC(=O)c1cccc(-c3ccccn3)c1F)CC1(CCC1)O2. The molecule has 222 valence electrons. The van der Waals surface area contributed by atoms with Crippen molar-refractivity contribution in [3.05, 3.63) is 119 Å². The second-order valence-electron chi connectivity index (χ2n) is 11.7. The molecule has 3 aromatic carbocycles. The van der Waals surface area contributed by atoms with Gasteiger partial charge in [0.1, 0.15) is 17.2 Å². The van der Waals surface area contributed by atoms with E-state index in [4.69, 9.17) is 4.74 Å². The Kier molecular flexibility index (Phi) is 8.54. The molecule has 0 bridgehead atoms. The van der Waals surface area contributed by atoms with Crippen LogP contribution in [0.3, 0.4) is 0 Å². The van der Waals surface area contributed by atoms with Crippen molar-refractivity contribution in [1.82, 2.24) is 15.6 Å². The number of nitrogens with one attached hydrogen (secondary N) is 2. The molecule has 6 nitrogen and oxygen atoms in total. The van der Waals surface area contributed by atoms with Gasteiger partial charge in [0.15, 0.2) is 0 Å². The maximum absolute atomic E-state index is 15.6. The maximum atomic E-state index is 15.6. The molecule has 7 heteroatoms. The Bertz CT molecular complexity index is 1560. The van der Waals surface area contributed by atoms with E-state index in [0.29, 0.717) is 12.1 Å². The second kappa shape index (κ2) is 12.7. The van der Waals surface area contributed by atoms with Gasteiger partial charge < -0.3 is 20.5 Å². The van der Waals surface area contributed by atoms with Crippen LogP contribution in [0.15, 0.2) is 91.1 Å². The lowest BCUT2D eigenvalue weighted by Gasteiger charge is -2.48. The van der Waals surface area contributed by atoms with Crippen LogP contribution in [-0.2, 0) is 12.8 Å². The van der Waals surface area contributed by atoms with Crippen molar-refractivity contribution in [2.45, 2.75) is 69.2 Å². The van der Waals surface area contributed by atoms with Crippen molar-refractivity contribution in [3.8, 4) is 17.0 Å². The predicted octanol–water partition coefficient (Wildman–Crippen LogP) is 6.19. The number of aliphatic hydroxyl groups is 1. The van der Waals surface area contributed by atoms with Crippen LogP contribution in [0, 0.1) is 5.82 Å². The first-order valence-electron chi connectivity index (χ1n) is 15.2. The summed E-state index contributed by atoms with van der Waals surface area (Å²) in [4.78, 5) is 17.7. The number of aryl methyl sites for hydroxylation is 1. The van der Waals surface area contributed by atoms with Gasteiger partial charge in [-0.3, -0.25) is 9.78 Å². The first kappa shape index (κ1) is 29.0. The van der Waals surface area contributed by atoms with E-state index in [2.05, 4.69) is 40.7 Å². The number of halogens is 1. The first-order chi connectivity index (χ1) is 20.9. The topological polar surface area (TPSA) is 83.5 Å². The van der Waals surface area contributed by atoms with E-state index >= 15 is 4.39 Å². The third-order valence-electron chi connectivity index (χ3n) is 8.86. The van der Waals surface area contributed by atoms with Crippen LogP contribution in [0.4, 0.5) is 4.39 Å². The highest BCUT2D eigenvalue weighted by Gasteiger charge is 2.45. The number of pyridine rings is 1. The van der Waals surface area contributed by atoms with Crippen molar-refractivity contribution in [2.24, 2.45) is 0 Å². The molecule has 0 radical (unpaired) electrons. The molecule has 0 saturated heterocycles. The van der Waals surface area contributed by atoms with Gasteiger partial charge in [0.05, 0.1) is 23.4 Å². The molecule has 1 aliphatic heterocycles. The van der Waals surface area contributed by atoms with E-state index in [-0.39, 0.29) is 29.3 Å². The van der Waals surface area contributed by atoms with Gasteiger partial charge in [0, 0.05) is 36.3 Å². The lowest BCUT2D eigenvalue weighted by molar-refractivity contribution is -0.0382. The average Bonchev–Trinajstić information content (AvgIpc) is 3.03. The molecule has 1 aliphatic carbocycles. The maximum Gasteiger partial charge on any atom is 0.254 e. The number of rotatable bonds is 10. The van der Waals surface area contributed by atoms with Gasteiger partial charge in [-0.05, 0) is 73.6 Å². The Morgan fingerprint density at radius 3 is 2.58 bits per heavy atom. The number of amides is 1. The molecule has 43 heavy (non-hydrogen) atoms. The Hall–Kier alpha value is -4.07. The summed E-state index contributed by atoms with van der Waals surface area (Å²) in [6.07, 6.45) is 6.03. The summed E-state index contributed by atoms with van der Waals surface area (Å²) >= 11 is 0. The number of hydrogen-bond acceptors (Lipinski definition) is 5. The number of carbonyl (C=O) groups excluding carboxylic acids is 1. The van der Waals surface area contributed by atoms with Gasteiger partial charge in [-0.2, -0.15) is 0 Å². The third kappa shape index (κ3) is 6.33. The third-order valence-corrected chi connectivity index (χ3v) is 8.86. The number of fused-ring (bicyclic) bond motifs is 1. The molecule has 0 unspecified atom stereocenters. The number of ether oxygens (including phenoxy) is 1. The van der Waals surface area contributed by atoms with Crippen molar-refractivity contribution >= 4 is 5.91 Å². The molecule has 3 atom stereocenters. The molecule has 2 heterocycles. The van der Waals surface area contributed by atoms with Gasteiger partial charge in [0.25, 0.3) is 5.91 Å². The fourth-order valence-electron chi connectivity index (χ4n) is 6.23. The van der Waals surface area contributed by atoms with Gasteiger partial charge in [-0.1, -0.05) is 61.5 Å². The highest BCUT2D eigenvalue weighted by Crippen LogP contribution is 2.49. The molecule has 3 N–H and O–H groups in total. The van der Waals surface area contributed by atoms with Crippen LogP contribution in [0.2, 0.25) is 0 Å². The highest BCUT2D eigenvalue weighted by atomic mass is 19.1. The van der Waals surface area contributed by atoms with Crippen LogP contribution < -0.4 is 15.4 Å². The number of carbonyl (C=O) groups is 1. The van der Waals surface area contributed by atoms with Crippen LogP contribution in [0.5, 0.6) is 5.75 Å². The lowest BCUT2D eigenvalue weighted by atomic mass is 9.72. The summed E-state index contributed by atoms with van der Waals surface area (Å²) in [5, 5.41) is 18.1. The van der Waals surface area contributed by atoms with Gasteiger partial charge in [0.2, 0.25) is 0 Å². The van der Waals surface area contributed by atoms with Crippen LogP contribution >= 0.6 is 0 Å². The summed E-state index contributed by atoms with van der Waals surface area (Å²) in [6, 6.07) is 25.4. The zero-order valence-electron chi connectivity index (χ0n) is 24.4. The molecular weight excluding hydrogens is 541 g/mol. The fraction of sp³-hybridized carbons (Fsp3) is 0.333. The van der Waals surface area contributed by atoms with E-state index in [0.717, 1.165) is 49.0 Å². The number of hydrogen-bond donors (Lipinski definition) is 3. The number of aliphatic hydroxyl groups excluding tert-OH is 1. The van der Waals surface area contributed by atoms with E-state index in [1.807, 2.05) is 30.3 Å². The molecule has 1 saturated carbocycles. The highest BCUT2D eigenvalue weighted by molar-refractivity contribution is 5.96. The normalized spacial score (nSPS) is 18.2. The van der Waals surface area contributed by atoms with E-state index in [9.17, 15) is 9.90 Å². The summed E-state index contributed by atoms with van der Waals surface area (Å²) in [7, 11) is 0. The van der Waals surface area contributed by atoms with Gasteiger partial charge >= 0.3 is 0 Å². The Balaban J connectivity index is 1.22. The molecule has 2 aliphatic rings. The standard InChI is InChI=1S/C36H38FN3O3/c1-2-24-15-16-33-28(20-24)31(22-36(43-33)17-9-18-36)39-23-32(41)30(21-25-10-4-3-5-11-25)40-35(42)27-13-8-12-26(34(27)37)29-14-6-7-19-38-29/h3-8,10-16,19-20,30-32,39,41H,2,9,17-18,21-23H2,1H3,(H,40,42)/t30-,31-,32-/m0/s1. The quantitative estimate of drug-likeness (QED) is 0.209.